The molecule has 3 heteroatoms. The molecule has 1 N–H and O–H groups in total. The van der Waals surface area contributed by atoms with Gasteiger partial charge in [0.25, 0.3) is 0 Å². The fraction of sp³-hybridized carbons (Fsp3) is 0.429. The Morgan fingerprint density at radius 2 is 1.71 bits per heavy atom. The summed E-state index contributed by atoms with van der Waals surface area (Å²) in [5, 5.41) is 9.15. The van der Waals surface area contributed by atoms with Crippen molar-refractivity contribution >= 4 is 11.8 Å². The van der Waals surface area contributed by atoms with Crippen LogP contribution in [0.1, 0.15) is 30.1 Å². The van der Waals surface area contributed by atoms with E-state index in [1.54, 1.807) is 24.3 Å². The van der Waals surface area contributed by atoms with Gasteiger partial charge < -0.3 is 5.11 Å². The zero-order valence-corrected chi connectivity index (χ0v) is 9.80. The van der Waals surface area contributed by atoms with Crippen LogP contribution in [0.3, 0.4) is 0 Å². The van der Waals surface area contributed by atoms with E-state index in [0.717, 1.165) is 0 Å². The third-order valence-corrected chi connectivity index (χ3v) is 3.51. The maximum atomic E-state index is 12.2. The van der Waals surface area contributed by atoms with Crippen molar-refractivity contribution in [3.63, 3.8) is 0 Å². The molecule has 3 nitrogen and oxygen atoms in total. The van der Waals surface area contributed by atoms with Crippen LogP contribution in [-0.4, -0.2) is 16.9 Å². The van der Waals surface area contributed by atoms with E-state index < -0.39 is 11.9 Å². The minimum Gasteiger partial charge on any atom is -0.481 e. The van der Waals surface area contributed by atoms with E-state index in [4.69, 9.17) is 5.11 Å². The maximum Gasteiger partial charge on any atom is 0.307 e. The summed E-state index contributed by atoms with van der Waals surface area (Å²) >= 11 is 0. The molecule has 1 aliphatic carbocycles. The SMILES string of the molecule is CC1CC(C(=O)O)C(C(=O)c2ccccc2)C1. The Balaban J connectivity index is 2.22. The molecule has 0 aliphatic heterocycles. The third kappa shape index (κ3) is 2.38. The van der Waals surface area contributed by atoms with Gasteiger partial charge in [0, 0.05) is 11.5 Å². The maximum absolute atomic E-state index is 12.2. The molecule has 0 amide bonds. The van der Waals surface area contributed by atoms with E-state index in [-0.39, 0.29) is 11.7 Å². The molecular formula is C14H16O3. The van der Waals surface area contributed by atoms with E-state index in [0.29, 0.717) is 24.3 Å². The quantitative estimate of drug-likeness (QED) is 0.815. The molecule has 0 bridgehead atoms. The second-order valence-electron chi connectivity index (χ2n) is 4.86. The first-order chi connectivity index (χ1) is 8.09. The Morgan fingerprint density at radius 3 is 2.29 bits per heavy atom. The Labute approximate surface area is 100 Å². The number of carbonyl (C=O) groups excluding carboxylic acids is 1. The summed E-state index contributed by atoms with van der Waals surface area (Å²) in [5.74, 6) is -1.43. The van der Waals surface area contributed by atoms with Crippen molar-refractivity contribution in [2.45, 2.75) is 19.8 Å². The zero-order chi connectivity index (χ0) is 12.4. The van der Waals surface area contributed by atoms with Crippen LogP contribution in [0.25, 0.3) is 0 Å². The van der Waals surface area contributed by atoms with E-state index in [2.05, 4.69) is 0 Å². The van der Waals surface area contributed by atoms with Crippen LogP contribution < -0.4 is 0 Å². The average Bonchev–Trinajstić information content (AvgIpc) is 2.72. The summed E-state index contributed by atoms with van der Waals surface area (Å²) in [6.45, 7) is 2.01. The molecule has 0 saturated heterocycles. The molecule has 0 aromatic heterocycles. The molecule has 90 valence electrons. The predicted octanol–water partition coefficient (Wildman–Crippen LogP) is 2.62. The Morgan fingerprint density at radius 1 is 1.12 bits per heavy atom. The van der Waals surface area contributed by atoms with Crippen LogP contribution in [0.15, 0.2) is 30.3 Å². The van der Waals surface area contributed by atoms with Crippen LogP contribution in [-0.2, 0) is 4.79 Å². The summed E-state index contributed by atoms with van der Waals surface area (Å²) in [4.78, 5) is 23.4. The number of hydrogen-bond donors (Lipinski definition) is 1. The molecule has 1 fully saturated rings. The van der Waals surface area contributed by atoms with Crippen molar-refractivity contribution in [2.24, 2.45) is 17.8 Å². The molecule has 1 aromatic rings. The highest BCUT2D eigenvalue weighted by Gasteiger charge is 2.41. The summed E-state index contributed by atoms with van der Waals surface area (Å²) in [5.41, 5.74) is 0.623. The van der Waals surface area contributed by atoms with Crippen molar-refractivity contribution in [3.05, 3.63) is 35.9 Å². The number of hydrogen-bond acceptors (Lipinski definition) is 2. The summed E-state index contributed by atoms with van der Waals surface area (Å²) in [6, 6.07) is 8.97. The van der Waals surface area contributed by atoms with Crippen molar-refractivity contribution in [2.75, 3.05) is 0 Å². The second kappa shape index (κ2) is 4.70. The van der Waals surface area contributed by atoms with Crippen molar-refractivity contribution < 1.29 is 14.7 Å². The van der Waals surface area contributed by atoms with Gasteiger partial charge in [-0.1, -0.05) is 37.3 Å². The van der Waals surface area contributed by atoms with E-state index in [9.17, 15) is 9.59 Å². The molecular weight excluding hydrogens is 216 g/mol. The smallest absolute Gasteiger partial charge is 0.307 e. The highest BCUT2D eigenvalue weighted by molar-refractivity contribution is 6.00. The molecule has 0 heterocycles. The van der Waals surface area contributed by atoms with Crippen LogP contribution in [0, 0.1) is 17.8 Å². The summed E-state index contributed by atoms with van der Waals surface area (Å²) in [6.07, 6.45) is 1.29. The predicted molar refractivity (Wildman–Crippen MR) is 63.8 cm³/mol. The van der Waals surface area contributed by atoms with Gasteiger partial charge in [-0.25, -0.2) is 0 Å². The molecule has 17 heavy (non-hydrogen) atoms. The molecule has 0 radical (unpaired) electrons. The van der Waals surface area contributed by atoms with Gasteiger partial charge >= 0.3 is 5.97 Å². The normalized spacial score (nSPS) is 27.9. The molecule has 1 aliphatic rings. The fourth-order valence-electron chi connectivity index (χ4n) is 2.67. The minimum atomic E-state index is -0.844. The molecule has 3 unspecified atom stereocenters. The number of Topliss-reactive ketones (excluding diaryl/α,β-unsaturated/α-hetero) is 1. The monoisotopic (exact) mass is 232 g/mol. The van der Waals surface area contributed by atoms with Crippen LogP contribution in [0.2, 0.25) is 0 Å². The number of benzene rings is 1. The van der Waals surface area contributed by atoms with Gasteiger partial charge in [-0.2, -0.15) is 0 Å². The lowest BCUT2D eigenvalue weighted by atomic mass is 9.88. The Kier molecular flexibility index (Phi) is 3.27. The fourth-order valence-corrected chi connectivity index (χ4v) is 2.67. The summed E-state index contributed by atoms with van der Waals surface area (Å²) < 4.78 is 0. The van der Waals surface area contributed by atoms with Gasteiger partial charge in [0.1, 0.15) is 0 Å². The molecule has 1 saturated carbocycles. The van der Waals surface area contributed by atoms with Gasteiger partial charge in [-0.3, -0.25) is 9.59 Å². The first kappa shape index (κ1) is 11.8. The number of carboxylic acids is 1. The van der Waals surface area contributed by atoms with Gasteiger partial charge in [0.15, 0.2) is 5.78 Å². The lowest BCUT2D eigenvalue weighted by Crippen LogP contribution is -2.25. The number of rotatable bonds is 3. The first-order valence-electron chi connectivity index (χ1n) is 5.91. The molecule has 3 atom stereocenters. The van der Waals surface area contributed by atoms with Gasteiger partial charge in [-0.15, -0.1) is 0 Å². The standard InChI is InChI=1S/C14H16O3/c1-9-7-11(12(8-9)14(16)17)13(15)10-5-3-2-4-6-10/h2-6,9,11-12H,7-8H2,1H3,(H,16,17). The Bertz CT molecular complexity index is 424. The largest absolute Gasteiger partial charge is 0.481 e. The molecule has 0 spiro atoms. The minimum absolute atomic E-state index is 0.0256. The number of ketones is 1. The zero-order valence-electron chi connectivity index (χ0n) is 9.80. The summed E-state index contributed by atoms with van der Waals surface area (Å²) in [7, 11) is 0. The number of carboxylic acid groups (broad SMARTS) is 1. The van der Waals surface area contributed by atoms with Gasteiger partial charge in [0.2, 0.25) is 0 Å². The Hall–Kier alpha value is -1.64. The van der Waals surface area contributed by atoms with Crippen LogP contribution >= 0.6 is 0 Å². The number of aliphatic carboxylic acids is 1. The van der Waals surface area contributed by atoms with Crippen molar-refractivity contribution in [3.8, 4) is 0 Å². The lowest BCUT2D eigenvalue weighted by Gasteiger charge is -2.14. The van der Waals surface area contributed by atoms with Crippen molar-refractivity contribution in [1.29, 1.82) is 0 Å². The highest BCUT2D eigenvalue weighted by Crippen LogP contribution is 2.38. The lowest BCUT2D eigenvalue weighted by molar-refractivity contribution is -0.142. The average molecular weight is 232 g/mol. The highest BCUT2D eigenvalue weighted by atomic mass is 16.4. The topological polar surface area (TPSA) is 54.4 Å². The van der Waals surface area contributed by atoms with Crippen LogP contribution in [0.4, 0.5) is 0 Å². The van der Waals surface area contributed by atoms with Crippen LogP contribution in [0.5, 0.6) is 0 Å². The second-order valence-corrected chi connectivity index (χ2v) is 4.86. The van der Waals surface area contributed by atoms with Gasteiger partial charge in [-0.05, 0) is 18.8 Å². The van der Waals surface area contributed by atoms with E-state index >= 15 is 0 Å². The van der Waals surface area contributed by atoms with E-state index in [1.165, 1.54) is 0 Å². The van der Waals surface area contributed by atoms with E-state index in [1.807, 2.05) is 13.0 Å². The third-order valence-electron chi connectivity index (χ3n) is 3.51. The molecule has 1 aromatic carbocycles. The van der Waals surface area contributed by atoms with Crippen molar-refractivity contribution in [1.82, 2.24) is 0 Å². The number of carbonyl (C=O) groups is 2. The first-order valence-corrected chi connectivity index (χ1v) is 5.91. The molecule has 2 rings (SSSR count). The van der Waals surface area contributed by atoms with Gasteiger partial charge in [0.05, 0.1) is 5.92 Å².